The summed E-state index contributed by atoms with van der Waals surface area (Å²) in [7, 11) is 0. The van der Waals surface area contributed by atoms with Crippen molar-refractivity contribution < 1.29 is 9.32 Å². The molecular formula is C8H6N2O2. The van der Waals surface area contributed by atoms with Gasteiger partial charge in [-0.25, -0.2) is 0 Å². The summed E-state index contributed by atoms with van der Waals surface area (Å²) < 4.78 is 4.62. The third-order valence-corrected chi connectivity index (χ3v) is 2.14. The maximum atomic E-state index is 10.8. The Bertz CT molecular complexity index is 340. The molecule has 4 heteroatoms. The number of nitriles is 1. The standard InChI is InChI=1S/C8H6N2O2/c9-5-8(3-6(11)4-8)7-1-2-12-10-7/h1-2H,3-4H2. The van der Waals surface area contributed by atoms with Crippen LogP contribution in [0.25, 0.3) is 0 Å². The quantitative estimate of drug-likeness (QED) is 0.612. The van der Waals surface area contributed by atoms with E-state index in [9.17, 15) is 4.79 Å². The second-order valence-electron chi connectivity index (χ2n) is 2.97. The largest absolute Gasteiger partial charge is 0.364 e. The fourth-order valence-electron chi connectivity index (χ4n) is 1.40. The monoisotopic (exact) mass is 162 g/mol. The summed E-state index contributed by atoms with van der Waals surface area (Å²) in [6.07, 6.45) is 1.96. The maximum absolute atomic E-state index is 10.8. The lowest BCUT2D eigenvalue weighted by Crippen LogP contribution is -2.40. The first-order valence-corrected chi connectivity index (χ1v) is 3.61. The summed E-state index contributed by atoms with van der Waals surface area (Å²) in [4.78, 5) is 10.8. The molecule has 1 aromatic rings. The number of rotatable bonds is 1. The molecule has 0 N–H and O–H groups in total. The first-order valence-electron chi connectivity index (χ1n) is 3.61. The number of carbonyl (C=O) groups excluding carboxylic acids is 1. The molecule has 1 fully saturated rings. The smallest absolute Gasteiger partial charge is 0.136 e. The summed E-state index contributed by atoms with van der Waals surface area (Å²) in [5.74, 6) is 0.111. The fourth-order valence-corrected chi connectivity index (χ4v) is 1.40. The minimum absolute atomic E-state index is 0.111. The van der Waals surface area contributed by atoms with Gasteiger partial charge in [-0.1, -0.05) is 5.16 Å². The highest BCUT2D eigenvalue weighted by Crippen LogP contribution is 2.39. The van der Waals surface area contributed by atoms with Gasteiger partial charge in [0.1, 0.15) is 23.2 Å². The molecule has 1 aliphatic rings. The van der Waals surface area contributed by atoms with Gasteiger partial charge in [-0.3, -0.25) is 4.79 Å². The van der Waals surface area contributed by atoms with Gasteiger partial charge in [0, 0.05) is 18.9 Å². The molecule has 0 aliphatic heterocycles. The number of aromatic nitrogens is 1. The zero-order valence-electron chi connectivity index (χ0n) is 6.28. The predicted molar refractivity (Wildman–Crippen MR) is 38.0 cm³/mol. The Morgan fingerprint density at radius 3 is 2.83 bits per heavy atom. The Labute approximate surface area is 68.8 Å². The van der Waals surface area contributed by atoms with E-state index in [-0.39, 0.29) is 18.6 Å². The van der Waals surface area contributed by atoms with Crippen molar-refractivity contribution in [2.75, 3.05) is 0 Å². The van der Waals surface area contributed by atoms with E-state index in [1.165, 1.54) is 6.26 Å². The highest BCUT2D eigenvalue weighted by atomic mass is 16.5. The van der Waals surface area contributed by atoms with Gasteiger partial charge < -0.3 is 4.52 Å². The van der Waals surface area contributed by atoms with Crippen LogP contribution in [0.1, 0.15) is 18.5 Å². The normalized spacial score (nSPS) is 19.8. The lowest BCUT2D eigenvalue weighted by molar-refractivity contribution is -0.126. The second kappa shape index (κ2) is 2.18. The molecule has 0 atom stereocenters. The minimum Gasteiger partial charge on any atom is -0.364 e. The molecule has 1 saturated carbocycles. The van der Waals surface area contributed by atoms with Crippen LogP contribution in [0, 0.1) is 11.3 Å². The zero-order valence-corrected chi connectivity index (χ0v) is 6.28. The molecule has 4 nitrogen and oxygen atoms in total. The first kappa shape index (κ1) is 7.04. The van der Waals surface area contributed by atoms with E-state index in [2.05, 4.69) is 15.7 Å². The minimum atomic E-state index is -0.690. The molecule has 12 heavy (non-hydrogen) atoms. The summed E-state index contributed by atoms with van der Waals surface area (Å²) in [6.45, 7) is 0. The molecule has 0 amide bonds. The Kier molecular flexibility index (Phi) is 1.28. The molecule has 0 radical (unpaired) electrons. The van der Waals surface area contributed by atoms with Gasteiger partial charge in [-0.15, -0.1) is 0 Å². The number of Topliss-reactive ketones (excluding diaryl/α,β-unsaturated/α-hetero) is 1. The summed E-state index contributed by atoms with van der Waals surface area (Å²) in [5.41, 5.74) is -0.117. The average molecular weight is 162 g/mol. The molecule has 0 spiro atoms. The van der Waals surface area contributed by atoms with Crippen molar-refractivity contribution in [3.05, 3.63) is 18.0 Å². The average Bonchev–Trinajstić information content (AvgIpc) is 2.50. The molecule has 0 unspecified atom stereocenters. The summed E-state index contributed by atoms with van der Waals surface area (Å²) >= 11 is 0. The van der Waals surface area contributed by atoms with E-state index in [1.54, 1.807) is 6.07 Å². The van der Waals surface area contributed by atoms with Crippen molar-refractivity contribution in [1.29, 1.82) is 5.26 Å². The first-order chi connectivity index (χ1) is 5.77. The van der Waals surface area contributed by atoms with Crippen molar-refractivity contribution in [3.63, 3.8) is 0 Å². The van der Waals surface area contributed by atoms with Gasteiger partial charge in [0.2, 0.25) is 0 Å². The van der Waals surface area contributed by atoms with E-state index < -0.39 is 5.41 Å². The van der Waals surface area contributed by atoms with Gasteiger partial charge in [0.05, 0.1) is 6.07 Å². The Balaban J connectivity index is 2.34. The van der Waals surface area contributed by atoms with Gasteiger partial charge in [-0.05, 0) is 0 Å². The van der Waals surface area contributed by atoms with Crippen LogP contribution in [-0.2, 0) is 10.2 Å². The van der Waals surface area contributed by atoms with E-state index >= 15 is 0 Å². The van der Waals surface area contributed by atoms with Crippen LogP contribution in [0.15, 0.2) is 16.9 Å². The molecule has 2 rings (SSSR count). The van der Waals surface area contributed by atoms with Crippen molar-refractivity contribution >= 4 is 5.78 Å². The molecule has 0 bridgehead atoms. The van der Waals surface area contributed by atoms with E-state index in [1.807, 2.05) is 0 Å². The van der Waals surface area contributed by atoms with Gasteiger partial charge in [0.25, 0.3) is 0 Å². The lowest BCUT2D eigenvalue weighted by Gasteiger charge is -2.30. The molecule has 1 heterocycles. The van der Waals surface area contributed by atoms with Crippen molar-refractivity contribution in [3.8, 4) is 6.07 Å². The topological polar surface area (TPSA) is 66.9 Å². The Morgan fingerprint density at radius 1 is 1.67 bits per heavy atom. The number of ketones is 1. The van der Waals surface area contributed by atoms with Crippen LogP contribution in [0.5, 0.6) is 0 Å². The predicted octanol–water partition coefficient (Wildman–Crippen LogP) is 0.799. The number of hydrogen-bond acceptors (Lipinski definition) is 4. The van der Waals surface area contributed by atoms with E-state index in [0.717, 1.165) is 0 Å². The molecule has 1 aromatic heterocycles. The van der Waals surface area contributed by atoms with Crippen LogP contribution in [0.4, 0.5) is 0 Å². The molecular weight excluding hydrogens is 156 g/mol. The molecule has 0 aromatic carbocycles. The molecule has 60 valence electrons. The third kappa shape index (κ3) is 0.766. The van der Waals surface area contributed by atoms with Crippen LogP contribution in [0.2, 0.25) is 0 Å². The number of carbonyl (C=O) groups is 1. The zero-order chi connectivity index (χ0) is 8.60. The van der Waals surface area contributed by atoms with E-state index in [0.29, 0.717) is 5.69 Å². The third-order valence-electron chi connectivity index (χ3n) is 2.14. The van der Waals surface area contributed by atoms with Crippen molar-refractivity contribution in [2.24, 2.45) is 0 Å². The summed E-state index contributed by atoms with van der Waals surface area (Å²) in [5, 5.41) is 12.5. The summed E-state index contributed by atoms with van der Waals surface area (Å²) in [6, 6.07) is 3.74. The van der Waals surface area contributed by atoms with Gasteiger partial charge in [-0.2, -0.15) is 5.26 Å². The highest BCUT2D eigenvalue weighted by Gasteiger charge is 2.47. The Morgan fingerprint density at radius 2 is 2.42 bits per heavy atom. The van der Waals surface area contributed by atoms with Crippen LogP contribution < -0.4 is 0 Å². The highest BCUT2D eigenvalue weighted by molar-refractivity contribution is 5.89. The van der Waals surface area contributed by atoms with Crippen LogP contribution in [0.3, 0.4) is 0 Å². The number of hydrogen-bond donors (Lipinski definition) is 0. The number of nitrogens with zero attached hydrogens (tertiary/aromatic N) is 2. The Hall–Kier alpha value is -1.63. The molecule has 0 saturated heterocycles. The van der Waals surface area contributed by atoms with Crippen LogP contribution >= 0.6 is 0 Å². The van der Waals surface area contributed by atoms with Crippen LogP contribution in [-0.4, -0.2) is 10.9 Å². The lowest BCUT2D eigenvalue weighted by atomic mass is 9.67. The van der Waals surface area contributed by atoms with Crippen molar-refractivity contribution in [2.45, 2.75) is 18.3 Å². The second-order valence-corrected chi connectivity index (χ2v) is 2.97. The maximum Gasteiger partial charge on any atom is 0.136 e. The molecule has 1 aliphatic carbocycles. The SMILES string of the molecule is N#CC1(c2ccon2)CC(=O)C1. The fraction of sp³-hybridized carbons (Fsp3) is 0.375. The van der Waals surface area contributed by atoms with Gasteiger partial charge >= 0.3 is 0 Å². The van der Waals surface area contributed by atoms with Gasteiger partial charge in [0.15, 0.2) is 0 Å². The van der Waals surface area contributed by atoms with Crippen molar-refractivity contribution in [1.82, 2.24) is 5.16 Å². The van der Waals surface area contributed by atoms with E-state index in [4.69, 9.17) is 5.26 Å².